The zero-order chi connectivity index (χ0) is 13.0. The summed E-state index contributed by atoms with van der Waals surface area (Å²) < 4.78 is 7.05. The lowest BCUT2D eigenvalue weighted by Crippen LogP contribution is -2.16. The fourth-order valence-corrected chi connectivity index (χ4v) is 2.00. The minimum atomic E-state index is 0.894. The molecule has 0 N–H and O–H groups in total. The molecule has 1 aromatic carbocycles. The third-order valence-corrected chi connectivity index (χ3v) is 2.80. The zero-order valence-corrected chi connectivity index (χ0v) is 11.1. The van der Waals surface area contributed by atoms with Crippen LogP contribution in [0.4, 0.5) is 0 Å². The first kappa shape index (κ1) is 12.6. The largest absolute Gasteiger partial charge is 0.497 e. The molecule has 0 aliphatic rings. The molecule has 2 rings (SSSR count). The highest BCUT2D eigenvalue weighted by Crippen LogP contribution is 2.14. The molecule has 0 aliphatic heterocycles. The van der Waals surface area contributed by atoms with E-state index in [1.807, 2.05) is 36.3 Å². The van der Waals surface area contributed by atoms with E-state index in [0.717, 1.165) is 18.8 Å². The average molecular weight is 245 g/mol. The Kier molecular flexibility index (Phi) is 3.99. The topological polar surface area (TPSA) is 30.3 Å². The molecule has 1 aromatic heterocycles. The van der Waals surface area contributed by atoms with Gasteiger partial charge >= 0.3 is 0 Å². The normalized spacial score (nSPS) is 10.9. The quantitative estimate of drug-likeness (QED) is 0.807. The van der Waals surface area contributed by atoms with Gasteiger partial charge in [0.1, 0.15) is 5.75 Å². The van der Waals surface area contributed by atoms with E-state index < -0.39 is 0 Å². The molecule has 4 nitrogen and oxygen atoms in total. The first-order valence-electron chi connectivity index (χ1n) is 5.96. The Bertz CT molecular complexity index is 507. The molecule has 0 fully saturated rings. The minimum absolute atomic E-state index is 0.894. The maximum absolute atomic E-state index is 5.23. The standard InChI is InChI=1S/C14H19N3O/c1-16(10-13-8-15-17(2)11-13)9-12-5-4-6-14(7-12)18-3/h4-8,11H,9-10H2,1-3H3. The molecule has 0 saturated carbocycles. The predicted octanol–water partition coefficient (Wildman–Crippen LogP) is 2.06. The molecular weight excluding hydrogens is 226 g/mol. The second kappa shape index (κ2) is 5.69. The van der Waals surface area contributed by atoms with Crippen molar-refractivity contribution in [2.24, 2.45) is 7.05 Å². The molecule has 0 bridgehead atoms. The van der Waals surface area contributed by atoms with E-state index in [4.69, 9.17) is 4.74 Å². The number of aromatic nitrogens is 2. The average Bonchev–Trinajstić information content (AvgIpc) is 2.74. The molecule has 0 amide bonds. The number of nitrogens with zero attached hydrogens (tertiary/aromatic N) is 3. The zero-order valence-electron chi connectivity index (χ0n) is 11.1. The Hall–Kier alpha value is -1.81. The number of rotatable bonds is 5. The van der Waals surface area contributed by atoms with Gasteiger partial charge in [-0.3, -0.25) is 9.58 Å². The van der Waals surface area contributed by atoms with E-state index in [1.54, 1.807) is 7.11 Å². The van der Waals surface area contributed by atoms with Crippen LogP contribution in [0.2, 0.25) is 0 Å². The summed E-state index contributed by atoms with van der Waals surface area (Å²) in [6, 6.07) is 8.17. The first-order valence-corrected chi connectivity index (χ1v) is 5.96. The van der Waals surface area contributed by atoms with Gasteiger partial charge in [-0.25, -0.2) is 0 Å². The third kappa shape index (κ3) is 3.34. The van der Waals surface area contributed by atoms with Gasteiger partial charge in [0.15, 0.2) is 0 Å². The van der Waals surface area contributed by atoms with Gasteiger partial charge in [-0.15, -0.1) is 0 Å². The van der Waals surface area contributed by atoms with E-state index in [2.05, 4.69) is 29.2 Å². The lowest BCUT2D eigenvalue weighted by atomic mass is 10.2. The summed E-state index contributed by atoms with van der Waals surface area (Å²) in [6.45, 7) is 1.79. The van der Waals surface area contributed by atoms with Gasteiger partial charge in [0, 0.05) is 31.9 Å². The number of methoxy groups -OCH3 is 1. The smallest absolute Gasteiger partial charge is 0.119 e. The summed E-state index contributed by atoms with van der Waals surface area (Å²) in [7, 11) is 5.73. The van der Waals surface area contributed by atoms with Gasteiger partial charge in [-0.05, 0) is 24.7 Å². The van der Waals surface area contributed by atoms with Gasteiger partial charge in [0.2, 0.25) is 0 Å². The second-order valence-corrected chi connectivity index (χ2v) is 4.55. The van der Waals surface area contributed by atoms with Gasteiger partial charge < -0.3 is 4.74 Å². The Labute approximate surface area is 108 Å². The van der Waals surface area contributed by atoms with Crippen molar-refractivity contribution in [1.29, 1.82) is 0 Å². The molecule has 0 saturated heterocycles. The lowest BCUT2D eigenvalue weighted by Gasteiger charge is -2.16. The summed E-state index contributed by atoms with van der Waals surface area (Å²) in [5.74, 6) is 0.905. The fourth-order valence-electron chi connectivity index (χ4n) is 2.00. The van der Waals surface area contributed by atoms with Gasteiger partial charge in [0.25, 0.3) is 0 Å². The molecular formula is C14H19N3O. The molecule has 96 valence electrons. The maximum atomic E-state index is 5.23. The summed E-state index contributed by atoms with van der Waals surface area (Å²) in [4.78, 5) is 2.26. The van der Waals surface area contributed by atoms with Crippen molar-refractivity contribution in [3.05, 3.63) is 47.8 Å². The second-order valence-electron chi connectivity index (χ2n) is 4.55. The van der Waals surface area contributed by atoms with Crippen molar-refractivity contribution in [3.63, 3.8) is 0 Å². The summed E-state index contributed by atoms with van der Waals surface area (Å²) in [6.07, 6.45) is 3.95. The fraction of sp³-hybridized carbons (Fsp3) is 0.357. The van der Waals surface area contributed by atoms with Gasteiger partial charge in [-0.1, -0.05) is 12.1 Å². The molecule has 0 atom stereocenters. The van der Waals surface area contributed by atoms with Crippen LogP contribution in [-0.4, -0.2) is 28.8 Å². The molecule has 0 radical (unpaired) electrons. The van der Waals surface area contributed by atoms with E-state index in [1.165, 1.54) is 11.1 Å². The molecule has 0 aliphatic carbocycles. The summed E-state index contributed by atoms with van der Waals surface area (Å²) in [5, 5.41) is 4.17. The SMILES string of the molecule is COc1cccc(CN(C)Cc2cnn(C)c2)c1. The van der Waals surface area contributed by atoms with Crippen molar-refractivity contribution in [2.45, 2.75) is 13.1 Å². The van der Waals surface area contributed by atoms with Crippen LogP contribution in [0.25, 0.3) is 0 Å². The van der Waals surface area contributed by atoms with Crippen LogP contribution in [0.15, 0.2) is 36.7 Å². The molecule has 4 heteroatoms. The van der Waals surface area contributed by atoms with Crippen molar-refractivity contribution in [3.8, 4) is 5.75 Å². The Morgan fingerprint density at radius 1 is 1.28 bits per heavy atom. The van der Waals surface area contributed by atoms with E-state index in [0.29, 0.717) is 0 Å². The third-order valence-electron chi connectivity index (χ3n) is 2.80. The lowest BCUT2D eigenvalue weighted by molar-refractivity contribution is 0.318. The highest BCUT2D eigenvalue weighted by atomic mass is 16.5. The Morgan fingerprint density at radius 3 is 2.72 bits per heavy atom. The summed E-state index contributed by atoms with van der Waals surface area (Å²) >= 11 is 0. The van der Waals surface area contributed by atoms with Crippen molar-refractivity contribution >= 4 is 0 Å². The molecule has 1 heterocycles. The van der Waals surface area contributed by atoms with Gasteiger partial charge in [-0.2, -0.15) is 5.10 Å². The number of benzene rings is 1. The Balaban J connectivity index is 1.96. The minimum Gasteiger partial charge on any atom is -0.497 e. The molecule has 0 spiro atoms. The van der Waals surface area contributed by atoms with E-state index in [9.17, 15) is 0 Å². The van der Waals surface area contributed by atoms with Crippen molar-refractivity contribution < 1.29 is 4.74 Å². The highest BCUT2D eigenvalue weighted by Gasteiger charge is 2.04. The van der Waals surface area contributed by atoms with Crippen LogP contribution in [0, 0.1) is 0 Å². The Morgan fingerprint density at radius 2 is 2.06 bits per heavy atom. The number of hydrogen-bond acceptors (Lipinski definition) is 3. The summed E-state index contributed by atoms with van der Waals surface area (Å²) in [5.41, 5.74) is 2.48. The van der Waals surface area contributed by atoms with Crippen LogP contribution in [0.5, 0.6) is 5.75 Å². The molecule has 0 unspecified atom stereocenters. The van der Waals surface area contributed by atoms with Crippen LogP contribution in [-0.2, 0) is 20.1 Å². The predicted molar refractivity (Wildman–Crippen MR) is 71.4 cm³/mol. The van der Waals surface area contributed by atoms with E-state index >= 15 is 0 Å². The van der Waals surface area contributed by atoms with E-state index in [-0.39, 0.29) is 0 Å². The van der Waals surface area contributed by atoms with Crippen molar-refractivity contribution in [2.75, 3.05) is 14.2 Å². The van der Waals surface area contributed by atoms with Crippen LogP contribution >= 0.6 is 0 Å². The number of hydrogen-bond donors (Lipinski definition) is 0. The van der Waals surface area contributed by atoms with Crippen molar-refractivity contribution in [1.82, 2.24) is 14.7 Å². The van der Waals surface area contributed by atoms with Crippen LogP contribution in [0.3, 0.4) is 0 Å². The maximum Gasteiger partial charge on any atom is 0.119 e. The van der Waals surface area contributed by atoms with Gasteiger partial charge in [0.05, 0.1) is 13.3 Å². The molecule has 2 aromatic rings. The van der Waals surface area contributed by atoms with Crippen LogP contribution < -0.4 is 4.74 Å². The highest BCUT2D eigenvalue weighted by molar-refractivity contribution is 5.28. The molecule has 18 heavy (non-hydrogen) atoms. The first-order chi connectivity index (χ1) is 8.67. The monoisotopic (exact) mass is 245 g/mol. The van der Waals surface area contributed by atoms with Crippen LogP contribution in [0.1, 0.15) is 11.1 Å². The number of ether oxygens (including phenoxy) is 1. The number of aryl methyl sites for hydroxylation is 1.